The van der Waals surface area contributed by atoms with Crippen LogP contribution >= 0.6 is 0 Å². The summed E-state index contributed by atoms with van der Waals surface area (Å²) in [6, 6.07) is 14.0. The summed E-state index contributed by atoms with van der Waals surface area (Å²) < 4.78 is 11.7. The van der Waals surface area contributed by atoms with E-state index in [-0.39, 0.29) is 6.10 Å². The van der Waals surface area contributed by atoms with Crippen molar-refractivity contribution in [2.24, 2.45) is 0 Å². The van der Waals surface area contributed by atoms with Gasteiger partial charge in [0.15, 0.2) is 17.2 Å². The smallest absolute Gasteiger partial charge is 0.163 e. The number of benzene rings is 2. The first-order valence-corrected chi connectivity index (χ1v) is 9.02. The maximum atomic E-state index is 11.1. The Kier molecular flexibility index (Phi) is 4.08. The Hall–Kier alpha value is -2.20. The number of hydrogen-bond donors (Lipinski definition) is 1. The van der Waals surface area contributed by atoms with E-state index < -0.39 is 5.72 Å². The van der Waals surface area contributed by atoms with E-state index in [9.17, 15) is 5.11 Å². The summed E-state index contributed by atoms with van der Waals surface area (Å²) in [5, 5.41) is 11.1. The summed E-state index contributed by atoms with van der Waals surface area (Å²) in [6.07, 6.45) is 4.91. The molecule has 1 heterocycles. The largest absolute Gasteiger partial charge is 0.493 e. The molecule has 1 aliphatic heterocycles. The molecule has 1 unspecified atom stereocenters. The highest BCUT2D eigenvalue weighted by Crippen LogP contribution is 2.43. The summed E-state index contributed by atoms with van der Waals surface area (Å²) in [5.41, 5.74) is 2.02. The lowest BCUT2D eigenvalue weighted by molar-refractivity contribution is 0.0619. The molecule has 1 aliphatic carbocycles. The van der Waals surface area contributed by atoms with Crippen LogP contribution in [0, 0.1) is 0 Å². The molecular formula is C21H25NO3. The Balaban J connectivity index is 1.67. The first-order chi connectivity index (χ1) is 12.1. The third-order valence-electron chi connectivity index (χ3n) is 5.44. The van der Waals surface area contributed by atoms with E-state index in [4.69, 9.17) is 9.47 Å². The van der Waals surface area contributed by atoms with Crippen LogP contribution in [-0.4, -0.2) is 18.3 Å². The molecule has 2 aromatic rings. The zero-order valence-corrected chi connectivity index (χ0v) is 14.9. The van der Waals surface area contributed by atoms with E-state index in [2.05, 4.69) is 6.07 Å². The Morgan fingerprint density at radius 1 is 1.08 bits per heavy atom. The van der Waals surface area contributed by atoms with E-state index in [1.54, 1.807) is 7.11 Å². The molecule has 4 nitrogen and oxygen atoms in total. The maximum Gasteiger partial charge on any atom is 0.163 e. The average molecular weight is 339 g/mol. The minimum absolute atomic E-state index is 0.264. The normalized spacial score (nSPS) is 22.9. The van der Waals surface area contributed by atoms with Crippen molar-refractivity contribution in [3.8, 4) is 11.5 Å². The minimum atomic E-state index is -1.03. The zero-order chi connectivity index (χ0) is 17.4. The van der Waals surface area contributed by atoms with Gasteiger partial charge in [0.25, 0.3) is 0 Å². The molecule has 25 heavy (non-hydrogen) atoms. The first kappa shape index (κ1) is 16.3. The van der Waals surface area contributed by atoms with Crippen molar-refractivity contribution in [2.75, 3.05) is 12.0 Å². The van der Waals surface area contributed by atoms with Crippen LogP contribution in [0.4, 0.5) is 5.69 Å². The minimum Gasteiger partial charge on any atom is -0.493 e. The quantitative estimate of drug-likeness (QED) is 0.906. The van der Waals surface area contributed by atoms with Gasteiger partial charge >= 0.3 is 0 Å². The van der Waals surface area contributed by atoms with Gasteiger partial charge < -0.3 is 19.5 Å². The first-order valence-electron chi connectivity index (χ1n) is 9.02. The monoisotopic (exact) mass is 339 g/mol. The number of hydrogen-bond acceptors (Lipinski definition) is 4. The molecule has 2 aliphatic rings. The highest BCUT2D eigenvalue weighted by molar-refractivity contribution is 5.61. The molecular weight excluding hydrogens is 314 g/mol. The number of anilines is 1. The lowest BCUT2D eigenvalue weighted by atomic mass is 10.0. The highest BCUT2D eigenvalue weighted by atomic mass is 16.5. The SMILES string of the molecule is COc1ccc(N2Cc3ccccc3C2(C)O)cc1OC1CCCC1. The molecule has 0 amide bonds. The van der Waals surface area contributed by atoms with Gasteiger partial charge in [0.2, 0.25) is 0 Å². The zero-order valence-electron chi connectivity index (χ0n) is 14.9. The molecule has 1 N–H and O–H groups in total. The molecule has 1 saturated carbocycles. The topological polar surface area (TPSA) is 41.9 Å². The number of ether oxygens (including phenoxy) is 2. The van der Waals surface area contributed by atoms with Crippen LogP contribution in [-0.2, 0) is 12.3 Å². The van der Waals surface area contributed by atoms with Gasteiger partial charge in [0.05, 0.1) is 13.2 Å². The molecule has 0 bridgehead atoms. The highest BCUT2D eigenvalue weighted by Gasteiger charge is 2.39. The third-order valence-corrected chi connectivity index (χ3v) is 5.44. The molecule has 1 atom stereocenters. The lowest BCUT2D eigenvalue weighted by Crippen LogP contribution is -2.38. The van der Waals surface area contributed by atoms with E-state index in [0.717, 1.165) is 41.2 Å². The van der Waals surface area contributed by atoms with E-state index in [0.29, 0.717) is 6.54 Å². The van der Waals surface area contributed by atoms with Crippen LogP contribution in [0.2, 0.25) is 0 Å². The molecule has 1 fully saturated rings. The van der Waals surface area contributed by atoms with Gasteiger partial charge in [0.1, 0.15) is 0 Å². The van der Waals surface area contributed by atoms with Crippen molar-refractivity contribution in [1.29, 1.82) is 0 Å². The van der Waals surface area contributed by atoms with Gasteiger partial charge in [-0.3, -0.25) is 0 Å². The number of rotatable bonds is 4. The molecule has 2 aromatic carbocycles. The van der Waals surface area contributed by atoms with Crippen LogP contribution in [0.3, 0.4) is 0 Å². The van der Waals surface area contributed by atoms with Crippen molar-refractivity contribution >= 4 is 5.69 Å². The predicted molar refractivity (Wildman–Crippen MR) is 98.1 cm³/mol. The average Bonchev–Trinajstić information content (AvgIpc) is 3.21. The van der Waals surface area contributed by atoms with Gasteiger partial charge in [-0.25, -0.2) is 0 Å². The molecule has 0 spiro atoms. The van der Waals surface area contributed by atoms with Crippen LogP contribution in [0.25, 0.3) is 0 Å². The molecule has 0 aromatic heterocycles. The van der Waals surface area contributed by atoms with E-state index >= 15 is 0 Å². The summed E-state index contributed by atoms with van der Waals surface area (Å²) >= 11 is 0. The molecule has 0 saturated heterocycles. The van der Waals surface area contributed by atoms with Gasteiger partial charge in [-0.1, -0.05) is 24.3 Å². The molecule has 132 valence electrons. The van der Waals surface area contributed by atoms with E-state index in [1.165, 1.54) is 12.8 Å². The van der Waals surface area contributed by atoms with Crippen molar-refractivity contribution in [3.05, 3.63) is 53.6 Å². The van der Waals surface area contributed by atoms with Crippen molar-refractivity contribution < 1.29 is 14.6 Å². The van der Waals surface area contributed by atoms with Crippen LogP contribution in [0.1, 0.15) is 43.7 Å². The number of nitrogens with zero attached hydrogens (tertiary/aromatic N) is 1. The van der Waals surface area contributed by atoms with Crippen molar-refractivity contribution in [2.45, 2.75) is 51.0 Å². The second-order valence-corrected chi connectivity index (χ2v) is 7.12. The molecule has 4 heteroatoms. The Morgan fingerprint density at radius 3 is 2.56 bits per heavy atom. The number of fused-ring (bicyclic) bond motifs is 1. The fourth-order valence-electron chi connectivity index (χ4n) is 4.04. The second kappa shape index (κ2) is 6.26. The fraction of sp³-hybridized carbons (Fsp3) is 0.429. The Morgan fingerprint density at radius 2 is 1.84 bits per heavy atom. The fourth-order valence-corrected chi connectivity index (χ4v) is 4.04. The summed E-state index contributed by atoms with van der Waals surface area (Å²) in [7, 11) is 1.67. The number of methoxy groups -OCH3 is 1. The Labute approximate surface area is 149 Å². The van der Waals surface area contributed by atoms with Crippen molar-refractivity contribution in [3.63, 3.8) is 0 Å². The maximum absolute atomic E-state index is 11.1. The van der Waals surface area contributed by atoms with Gasteiger partial charge in [0, 0.05) is 23.9 Å². The van der Waals surface area contributed by atoms with Crippen LogP contribution in [0.15, 0.2) is 42.5 Å². The van der Waals surface area contributed by atoms with Gasteiger partial charge in [-0.2, -0.15) is 0 Å². The van der Waals surface area contributed by atoms with Gasteiger partial charge in [-0.05, 0) is 50.3 Å². The molecule has 4 rings (SSSR count). The standard InChI is InChI=1S/C21H25NO3/c1-21(23)18-10-6-3-7-15(18)14-22(21)16-11-12-19(24-2)20(13-16)25-17-8-4-5-9-17/h3,6-7,10-13,17,23H,4-5,8-9,14H2,1-2H3. The summed E-state index contributed by atoms with van der Waals surface area (Å²) in [5.74, 6) is 1.51. The Bertz CT molecular complexity index is 765. The molecule has 0 radical (unpaired) electrons. The summed E-state index contributed by atoms with van der Waals surface area (Å²) in [6.45, 7) is 2.53. The van der Waals surface area contributed by atoms with Crippen LogP contribution < -0.4 is 14.4 Å². The van der Waals surface area contributed by atoms with Crippen molar-refractivity contribution in [1.82, 2.24) is 0 Å². The van der Waals surface area contributed by atoms with Crippen LogP contribution in [0.5, 0.6) is 11.5 Å². The van der Waals surface area contributed by atoms with E-state index in [1.807, 2.05) is 48.2 Å². The summed E-state index contributed by atoms with van der Waals surface area (Å²) in [4.78, 5) is 2.01. The predicted octanol–water partition coefficient (Wildman–Crippen LogP) is 4.20. The lowest BCUT2D eigenvalue weighted by Gasteiger charge is -2.33. The van der Waals surface area contributed by atoms with Gasteiger partial charge in [-0.15, -0.1) is 0 Å². The third kappa shape index (κ3) is 2.85. The number of aliphatic hydroxyl groups is 1. The second-order valence-electron chi connectivity index (χ2n) is 7.12.